The third-order valence-electron chi connectivity index (χ3n) is 4.73. The molecule has 0 spiro atoms. The van der Waals surface area contributed by atoms with Crippen molar-refractivity contribution in [2.24, 2.45) is 0 Å². The summed E-state index contributed by atoms with van der Waals surface area (Å²) in [5, 5.41) is 8.60. The summed E-state index contributed by atoms with van der Waals surface area (Å²) in [5.74, 6) is 0.266. The summed E-state index contributed by atoms with van der Waals surface area (Å²) >= 11 is 0. The summed E-state index contributed by atoms with van der Waals surface area (Å²) in [6.45, 7) is 0. The van der Waals surface area contributed by atoms with Crippen LogP contribution in [0.1, 0.15) is 22.8 Å². The van der Waals surface area contributed by atoms with Crippen LogP contribution in [-0.2, 0) is 19.5 Å². The molecule has 1 aromatic carbocycles. The van der Waals surface area contributed by atoms with Gasteiger partial charge >= 0.3 is 0 Å². The number of nitrogens with zero attached hydrogens (tertiary/aromatic N) is 2. The number of phenolic OH excluding ortho intramolecular Hbond substituents is 1. The largest absolute Gasteiger partial charge is 0.566 e. The second-order valence-electron chi connectivity index (χ2n) is 7.17. The minimum atomic E-state index is 0. The van der Waals surface area contributed by atoms with Crippen LogP contribution in [0, 0.1) is 6.07 Å². The maximum absolute atomic E-state index is 8.60. The Balaban J connectivity index is 0.000000265. The molecule has 0 aliphatic carbocycles. The van der Waals surface area contributed by atoms with Crippen molar-refractivity contribution < 1.29 is 24.6 Å². The molecule has 0 amide bonds. The molecular weight excluding hydrogens is 450 g/mol. The quantitative estimate of drug-likeness (QED) is 0.193. The van der Waals surface area contributed by atoms with Crippen LogP contribution in [0.5, 0.6) is 5.75 Å². The zero-order valence-corrected chi connectivity index (χ0v) is 20.3. The SMILES string of the molecule is C1=Cc2cc3ccc(cc4ccc(cc5nc(cc1n2)C=C5)[nH]4)[nH]3.Oc1c[c-]ccc1.[Zn]. The molecule has 6 heteroatoms. The standard InChI is InChI=1S/C20H14N4.C6H5O.Zn/c1-2-14-10-16-5-6-18(23-16)12-20-8-7-19(24-20)11-17-4-3-15(22-17)9-13(1)21-14;7-6-4-2-1-3-5-6;/h1-12,21-22H;1-2,4-5,7H;/q;-1;. The van der Waals surface area contributed by atoms with Crippen LogP contribution in [0.25, 0.3) is 46.4 Å². The van der Waals surface area contributed by atoms with Crippen molar-refractivity contribution in [2.45, 2.75) is 0 Å². The van der Waals surface area contributed by atoms with Crippen LogP contribution in [-0.4, -0.2) is 25.0 Å². The molecule has 0 saturated carbocycles. The van der Waals surface area contributed by atoms with Gasteiger partial charge in [-0.25, -0.2) is 9.97 Å². The van der Waals surface area contributed by atoms with Gasteiger partial charge in [-0.3, -0.25) is 0 Å². The number of hydrogen-bond acceptors (Lipinski definition) is 3. The molecule has 3 aromatic heterocycles. The Bertz CT molecular complexity index is 1360. The van der Waals surface area contributed by atoms with E-state index in [1.807, 2.05) is 42.5 Å². The number of benzene rings is 1. The van der Waals surface area contributed by atoms with Gasteiger partial charge in [-0.2, -0.15) is 18.2 Å². The summed E-state index contributed by atoms with van der Waals surface area (Å²) in [7, 11) is 0. The van der Waals surface area contributed by atoms with E-state index < -0.39 is 0 Å². The Morgan fingerprint density at radius 1 is 0.625 bits per heavy atom. The Labute approximate surface area is 198 Å². The second-order valence-corrected chi connectivity index (χ2v) is 7.17. The van der Waals surface area contributed by atoms with E-state index in [9.17, 15) is 0 Å². The average Bonchev–Trinajstić information content (AvgIpc) is 3.55. The van der Waals surface area contributed by atoms with Crippen molar-refractivity contribution in [3.63, 3.8) is 0 Å². The van der Waals surface area contributed by atoms with Crippen LogP contribution >= 0.6 is 0 Å². The maximum atomic E-state index is 8.60. The summed E-state index contributed by atoms with van der Waals surface area (Å²) in [6, 6.07) is 25.7. The molecule has 8 bridgehead atoms. The first-order chi connectivity index (χ1) is 15.2. The van der Waals surface area contributed by atoms with Gasteiger partial charge in [-0.1, -0.05) is 0 Å². The molecule has 2 aliphatic heterocycles. The van der Waals surface area contributed by atoms with Crippen LogP contribution < -0.4 is 0 Å². The topological polar surface area (TPSA) is 77.6 Å². The molecule has 3 N–H and O–H groups in total. The number of hydrogen-bond donors (Lipinski definition) is 3. The predicted molar refractivity (Wildman–Crippen MR) is 126 cm³/mol. The number of aromatic amines is 2. The molecule has 32 heavy (non-hydrogen) atoms. The zero-order valence-electron chi connectivity index (χ0n) is 17.3. The summed E-state index contributed by atoms with van der Waals surface area (Å²) in [6.07, 6.45) is 8.05. The van der Waals surface area contributed by atoms with Gasteiger partial charge in [0.25, 0.3) is 0 Å². The molecule has 2 aliphatic rings. The van der Waals surface area contributed by atoms with Gasteiger partial charge in [-0.15, -0.1) is 12.1 Å². The number of phenols is 1. The van der Waals surface area contributed by atoms with E-state index in [2.05, 4.69) is 56.3 Å². The Morgan fingerprint density at radius 3 is 1.50 bits per heavy atom. The Kier molecular flexibility index (Phi) is 6.43. The second kappa shape index (κ2) is 9.59. The zero-order chi connectivity index (χ0) is 21.0. The predicted octanol–water partition coefficient (Wildman–Crippen LogP) is 5.85. The van der Waals surface area contributed by atoms with Crippen molar-refractivity contribution >= 4 is 46.4 Å². The van der Waals surface area contributed by atoms with E-state index in [-0.39, 0.29) is 25.2 Å². The molecule has 6 rings (SSSR count). The molecule has 0 saturated heterocycles. The minimum Gasteiger partial charge on any atom is -0.566 e. The van der Waals surface area contributed by atoms with E-state index in [4.69, 9.17) is 5.11 Å². The Hall–Kier alpha value is -3.76. The first-order valence-electron chi connectivity index (χ1n) is 9.89. The van der Waals surface area contributed by atoms with Crippen LogP contribution in [0.3, 0.4) is 0 Å². The first kappa shape index (κ1) is 21.5. The third kappa shape index (κ3) is 5.29. The van der Waals surface area contributed by atoms with Gasteiger partial charge in [-0.05, 0) is 72.8 Å². The number of aromatic nitrogens is 4. The number of aromatic hydroxyl groups is 1. The van der Waals surface area contributed by atoms with Gasteiger partial charge in [0.15, 0.2) is 0 Å². The minimum absolute atomic E-state index is 0. The van der Waals surface area contributed by atoms with Crippen molar-refractivity contribution in [1.29, 1.82) is 0 Å². The summed E-state index contributed by atoms with van der Waals surface area (Å²) in [4.78, 5) is 16.0. The van der Waals surface area contributed by atoms with Gasteiger partial charge in [0.1, 0.15) is 0 Å². The average molecular weight is 469 g/mol. The van der Waals surface area contributed by atoms with E-state index in [0.29, 0.717) is 0 Å². The van der Waals surface area contributed by atoms with Crippen molar-refractivity contribution in [2.75, 3.05) is 0 Å². The van der Waals surface area contributed by atoms with Crippen molar-refractivity contribution in [3.8, 4) is 5.75 Å². The summed E-state index contributed by atoms with van der Waals surface area (Å²) in [5.41, 5.74) is 7.86. The van der Waals surface area contributed by atoms with Crippen LogP contribution in [0.15, 0.2) is 72.8 Å². The fourth-order valence-corrected chi connectivity index (χ4v) is 3.33. The molecule has 0 fully saturated rings. The molecule has 5 heterocycles. The third-order valence-corrected chi connectivity index (χ3v) is 4.73. The van der Waals surface area contributed by atoms with Crippen LogP contribution in [0.4, 0.5) is 0 Å². The van der Waals surface area contributed by atoms with Gasteiger partial charge in [0.05, 0.1) is 22.8 Å². The summed E-state index contributed by atoms with van der Waals surface area (Å²) < 4.78 is 0. The van der Waals surface area contributed by atoms with Crippen LogP contribution in [0.2, 0.25) is 0 Å². The fourth-order valence-electron chi connectivity index (χ4n) is 3.33. The smallest absolute Gasteiger partial charge is 0.0659 e. The van der Waals surface area contributed by atoms with Gasteiger partial charge < -0.3 is 15.1 Å². The molecule has 4 aromatic rings. The molecule has 152 valence electrons. The molecular formula is C26H19N4OZn-. The maximum Gasteiger partial charge on any atom is 0.0659 e. The molecule has 0 radical (unpaired) electrons. The Morgan fingerprint density at radius 2 is 1.09 bits per heavy atom. The fraction of sp³-hybridized carbons (Fsp3) is 0. The first-order valence-corrected chi connectivity index (χ1v) is 9.89. The number of H-pyrrole nitrogens is 2. The molecule has 0 unspecified atom stereocenters. The van der Waals surface area contributed by atoms with E-state index >= 15 is 0 Å². The van der Waals surface area contributed by atoms with Gasteiger partial charge in [0, 0.05) is 47.3 Å². The molecule has 5 nitrogen and oxygen atoms in total. The number of nitrogens with one attached hydrogen (secondary N) is 2. The van der Waals surface area contributed by atoms with Crippen molar-refractivity contribution in [3.05, 3.63) is 102 Å². The van der Waals surface area contributed by atoms with E-state index in [1.165, 1.54) is 6.07 Å². The number of fused-ring (bicyclic) bond motifs is 8. The molecule has 0 atom stereocenters. The van der Waals surface area contributed by atoms with Gasteiger partial charge in [0.2, 0.25) is 0 Å². The monoisotopic (exact) mass is 467 g/mol. The van der Waals surface area contributed by atoms with E-state index in [1.54, 1.807) is 18.2 Å². The number of rotatable bonds is 0. The van der Waals surface area contributed by atoms with Crippen molar-refractivity contribution in [1.82, 2.24) is 19.9 Å². The normalized spacial score (nSPS) is 11.4. The van der Waals surface area contributed by atoms with E-state index in [0.717, 1.165) is 44.8 Å².